The second-order valence-electron chi connectivity index (χ2n) is 2.58. The summed E-state index contributed by atoms with van der Waals surface area (Å²) in [7, 11) is 0. The van der Waals surface area contributed by atoms with E-state index < -0.39 is 0 Å². The third kappa shape index (κ3) is 2.46. The van der Waals surface area contributed by atoms with E-state index in [9.17, 15) is 0 Å². The van der Waals surface area contributed by atoms with Gasteiger partial charge < -0.3 is 10.4 Å². The number of hydrogen-bond acceptors (Lipinski definition) is 3. The van der Waals surface area contributed by atoms with Crippen LogP contribution in [0, 0.1) is 0 Å². The molecule has 0 radical (unpaired) electrons. The quantitative estimate of drug-likeness (QED) is 0.831. The van der Waals surface area contributed by atoms with Gasteiger partial charge in [-0.1, -0.05) is 0 Å². The number of nitrogens with one attached hydrogen (secondary N) is 1. The van der Waals surface area contributed by atoms with Crippen LogP contribution in [0.15, 0.2) is 22.9 Å². The van der Waals surface area contributed by atoms with Gasteiger partial charge in [0.15, 0.2) is 0 Å². The molecule has 0 amide bonds. The number of aliphatic hydroxyl groups excluding tert-OH is 1. The van der Waals surface area contributed by atoms with E-state index in [0.717, 1.165) is 10.2 Å². The van der Waals surface area contributed by atoms with Crippen molar-refractivity contribution in [3.63, 3.8) is 0 Å². The Hall–Kier alpha value is -0.610. The third-order valence-electron chi connectivity index (χ3n) is 1.45. The summed E-state index contributed by atoms with van der Waals surface area (Å²) in [5.41, 5.74) is 0.951. The molecule has 12 heavy (non-hydrogen) atoms. The highest BCUT2D eigenvalue weighted by Gasteiger charge is 2.02. The molecular formula is C8H11BrN2O. The number of hydrogen-bond donors (Lipinski definition) is 2. The lowest BCUT2D eigenvalue weighted by Crippen LogP contribution is -2.19. The van der Waals surface area contributed by atoms with Crippen molar-refractivity contribution in [1.82, 2.24) is 4.98 Å². The van der Waals surface area contributed by atoms with Crippen LogP contribution in [-0.4, -0.2) is 22.7 Å². The molecule has 0 aromatic carbocycles. The van der Waals surface area contributed by atoms with E-state index in [1.807, 2.05) is 13.0 Å². The lowest BCUT2D eigenvalue weighted by atomic mass is 10.3. The van der Waals surface area contributed by atoms with Crippen molar-refractivity contribution in [2.75, 3.05) is 11.9 Å². The van der Waals surface area contributed by atoms with Crippen molar-refractivity contribution in [2.45, 2.75) is 13.0 Å². The summed E-state index contributed by atoms with van der Waals surface area (Å²) in [5, 5.41) is 11.9. The predicted octanol–water partition coefficient (Wildman–Crippen LogP) is 1.64. The number of aromatic nitrogens is 1. The van der Waals surface area contributed by atoms with Crippen LogP contribution in [0.3, 0.4) is 0 Å². The zero-order valence-electron chi connectivity index (χ0n) is 6.79. The van der Waals surface area contributed by atoms with Crippen LogP contribution in [0.25, 0.3) is 0 Å². The van der Waals surface area contributed by atoms with Crippen LogP contribution in [0.2, 0.25) is 0 Å². The molecule has 3 nitrogen and oxygen atoms in total. The average Bonchev–Trinajstić information content (AvgIpc) is 2.09. The summed E-state index contributed by atoms with van der Waals surface area (Å²) in [6.07, 6.45) is 3.42. The molecule has 1 aromatic rings. The van der Waals surface area contributed by atoms with Crippen molar-refractivity contribution in [3.8, 4) is 0 Å². The topological polar surface area (TPSA) is 45.1 Å². The van der Waals surface area contributed by atoms with Gasteiger partial charge in [0.1, 0.15) is 0 Å². The van der Waals surface area contributed by atoms with Crippen molar-refractivity contribution in [1.29, 1.82) is 0 Å². The number of rotatable bonds is 3. The van der Waals surface area contributed by atoms with E-state index in [1.54, 1.807) is 12.4 Å². The van der Waals surface area contributed by atoms with Gasteiger partial charge in [-0.3, -0.25) is 4.98 Å². The Balaban J connectivity index is 2.69. The van der Waals surface area contributed by atoms with Crippen LogP contribution >= 0.6 is 15.9 Å². The third-order valence-corrected chi connectivity index (χ3v) is 2.08. The average molecular weight is 231 g/mol. The van der Waals surface area contributed by atoms with Gasteiger partial charge >= 0.3 is 0 Å². The number of pyridine rings is 1. The molecule has 0 aliphatic rings. The Labute approximate surface area is 80.0 Å². The summed E-state index contributed by atoms with van der Waals surface area (Å²) in [5.74, 6) is 0. The predicted molar refractivity (Wildman–Crippen MR) is 52.1 cm³/mol. The van der Waals surface area contributed by atoms with E-state index in [4.69, 9.17) is 5.11 Å². The van der Waals surface area contributed by atoms with Crippen molar-refractivity contribution in [2.24, 2.45) is 0 Å². The minimum absolute atomic E-state index is 0.0590. The molecule has 1 aromatic heterocycles. The van der Waals surface area contributed by atoms with Crippen LogP contribution < -0.4 is 5.32 Å². The van der Waals surface area contributed by atoms with Crippen LogP contribution in [-0.2, 0) is 0 Å². The van der Waals surface area contributed by atoms with Crippen molar-refractivity contribution < 1.29 is 5.11 Å². The zero-order chi connectivity index (χ0) is 8.97. The first-order valence-electron chi connectivity index (χ1n) is 3.71. The van der Waals surface area contributed by atoms with Crippen LogP contribution in [0.4, 0.5) is 5.69 Å². The number of halogens is 1. The fraction of sp³-hybridized carbons (Fsp3) is 0.375. The molecule has 0 saturated heterocycles. The number of nitrogens with zero attached hydrogens (tertiary/aromatic N) is 1. The first-order valence-corrected chi connectivity index (χ1v) is 4.50. The minimum Gasteiger partial charge on any atom is -0.394 e. The molecular weight excluding hydrogens is 220 g/mol. The summed E-state index contributed by atoms with van der Waals surface area (Å²) in [6.45, 7) is 2.03. The van der Waals surface area contributed by atoms with E-state index in [2.05, 4.69) is 26.2 Å². The molecule has 0 bridgehead atoms. The second-order valence-corrected chi connectivity index (χ2v) is 3.44. The number of aliphatic hydroxyl groups is 1. The molecule has 0 aliphatic heterocycles. The molecule has 1 atom stereocenters. The first kappa shape index (κ1) is 9.48. The first-order chi connectivity index (χ1) is 5.74. The van der Waals surface area contributed by atoms with Gasteiger partial charge in [-0.2, -0.15) is 0 Å². The van der Waals surface area contributed by atoms with E-state index in [0.29, 0.717) is 0 Å². The molecule has 1 rings (SSSR count). The Morgan fingerprint density at radius 2 is 2.50 bits per heavy atom. The normalized spacial score (nSPS) is 12.6. The van der Waals surface area contributed by atoms with E-state index in [-0.39, 0.29) is 12.6 Å². The highest BCUT2D eigenvalue weighted by Crippen LogP contribution is 2.20. The minimum atomic E-state index is 0.0590. The molecule has 0 aliphatic carbocycles. The Bertz CT molecular complexity index is 255. The molecule has 66 valence electrons. The molecule has 0 saturated carbocycles. The van der Waals surface area contributed by atoms with Gasteiger partial charge in [0.2, 0.25) is 0 Å². The second kappa shape index (κ2) is 4.42. The van der Waals surface area contributed by atoms with Gasteiger partial charge in [-0.25, -0.2) is 0 Å². The fourth-order valence-corrected chi connectivity index (χ4v) is 1.17. The summed E-state index contributed by atoms with van der Waals surface area (Å²) < 4.78 is 0.908. The molecule has 1 heterocycles. The van der Waals surface area contributed by atoms with Gasteiger partial charge in [0.05, 0.1) is 16.8 Å². The molecule has 2 N–H and O–H groups in total. The summed E-state index contributed by atoms with van der Waals surface area (Å²) in [4.78, 5) is 3.93. The standard InChI is InChI=1S/C8H11BrN2O/c1-6(5-12)11-8-2-3-10-4-7(8)9/h2-4,6,12H,5H2,1H3,(H,10,11). The van der Waals surface area contributed by atoms with Gasteiger partial charge in [0, 0.05) is 18.4 Å². The van der Waals surface area contributed by atoms with Crippen LogP contribution in [0.5, 0.6) is 0 Å². The van der Waals surface area contributed by atoms with Crippen LogP contribution in [0.1, 0.15) is 6.92 Å². The van der Waals surface area contributed by atoms with E-state index >= 15 is 0 Å². The van der Waals surface area contributed by atoms with Crippen molar-refractivity contribution in [3.05, 3.63) is 22.9 Å². The summed E-state index contributed by atoms with van der Waals surface area (Å²) in [6, 6.07) is 1.92. The number of anilines is 1. The highest BCUT2D eigenvalue weighted by atomic mass is 79.9. The smallest absolute Gasteiger partial charge is 0.0630 e. The van der Waals surface area contributed by atoms with Crippen molar-refractivity contribution >= 4 is 21.6 Å². The van der Waals surface area contributed by atoms with Gasteiger partial charge in [-0.15, -0.1) is 0 Å². The maximum atomic E-state index is 8.79. The molecule has 1 unspecified atom stereocenters. The fourth-order valence-electron chi connectivity index (χ4n) is 0.803. The highest BCUT2D eigenvalue weighted by molar-refractivity contribution is 9.10. The zero-order valence-corrected chi connectivity index (χ0v) is 8.37. The van der Waals surface area contributed by atoms with Gasteiger partial charge in [0.25, 0.3) is 0 Å². The Kier molecular flexibility index (Phi) is 3.49. The molecule has 0 spiro atoms. The monoisotopic (exact) mass is 230 g/mol. The molecule has 0 fully saturated rings. The summed E-state index contributed by atoms with van der Waals surface area (Å²) >= 11 is 3.35. The van der Waals surface area contributed by atoms with Gasteiger partial charge in [-0.05, 0) is 28.9 Å². The Morgan fingerprint density at radius 3 is 3.08 bits per heavy atom. The molecule has 4 heteroatoms. The largest absolute Gasteiger partial charge is 0.394 e. The maximum absolute atomic E-state index is 8.79. The lowest BCUT2D eigenvalue weighted by molar-refractivity contribution is 0.281. The van der Waals surface area contributed by atoms with E-state index in [1.165, 1.54) is 0 Å². The SMILES string of the molecule is CC(CO)Nc1ccncc1Br. The lowest BCUT2D eigenvalue weighted by Gasteiger charge is -2.12. The Morgan fingerprint density at radius 1 is 1.75 bits per heavy atom. The maximum Gasteiger partial charge on any atom is 0.0630 e.